The summed E-state index contributed by atoms with van der Waals surface area (Å²) in [4.78, 5) is 27.1. The zero-order valence-electron chi connectivity index (χ0n) is 16.3. The Hall–Kier alpha value is -2.54. The summed E-state index contributed by atoms with van der Waals surface area (Å²) in [6.07, 6.45) is 5.79. The molecule has 7 heteroatoms. The van der Waals surface area contributed by atoms with Crippen LogP contribution in [-0.4, -0.2) is 30.7 Å². The normalized spacial score (nSPS) is 16.7. The van der Waals surface area contributed by atoms with E-state index in [2.05, 4.69) is 10.6 Å². The van der Waals surface area contributed by atoms with Gasteiger partial charge in [-0.2, -0.15) is 0 Å². The number of amides is 2. The maximum Gasteiger partial charge on any atom is 0.255 e. The molecule has 0 spiro atoms. The fourth-order valence-corrected chi connectivity index (χ4v) is 4.75. The van der Waals surface area contributed by atoms with Crippen molar-refractivity contribution in [2.75, 3.05) is 28.3 Å². The predicted molar refractivity (Wildman–Crippen MR) is 115 cm³/mol. The van der Waals surface area contributed by atoms with Crippen LogP contribution in [0.25, 0.3) is 0 Å². The van der Waals surface area contributed by atoms with Crippen LogP contribution in [0, 0.1) is 5.82 Å². The Morgan fingerprint density at radius 3 is 2.72 bits per heavy atom. The lowest BCUT2D eigenvalue weighted by atomic mass is 9.94. The highest BCUT2D eigenvalue weighted by Gasteiger charge is 2.21. The first-order chi connectivity index (χ1) is 14.0. The second-order valence-electron chi connectivity index (χ2n) is 7.57. The maximum absolute atomic E-state index is 14.7. The number of hydrogen-bond donors (Lipinski definition) is 2. The lowest BCUT2D eigenvalue weighted by molar-refractivity contribution is -0.113. The van der Waals surface area contributed by atoms with Crippen molar-refractivity contribution in [2.45, 2.75) is 43.0 Å². The summed E-state index contributed by atoms with van der Waals surface area (Å²) in [5.74, 6) is -0.394. The molecule has 4 rings (SSSR count). The van der Waals surface area contributed by atoms with Crippen molar-refractivity contribution in [3.05, 3.63) is 47.8 Å². The fraction of sp³-hybridized carbons (Fsp3) is 0.364. The van der Waals surface area contributed by atoms with Crippen molar-refractivity contribution in [1.82, 2.24) is 0 Å². The second-order valence-corrected chi connectivity index (χ2v) is 8.59. The van der Waals surface area contributed by atoms with Gasteiger partial charge in [-0.3, -0.25) is 9.59 Å². The second kappa shape index (κ2) is 8.45. The summed E-state index contributed by atoms with van der Waals surface area (Å²) in [5, 5.41) is 5.52. The molecule has 0 atom stereocenters. The van der Waals surface area contributed by atoms with Crippen molar-refractivity contribution in [3.8, 4) is 0 Å². The molecule has 152 valence electrons. The third-order valence-electron chi connectivity index (χ3n) is 5.58. The van der Waals surface area contributed by atoms with Crippen molar-refractivity contribution in [3.63, 3.8) is 0 Å². The Balaban J connectivity index is 1.47. The molecule has 29 heavy (non-hydrogen) atoms. The first-order valence-electron chi connectivity index (χ1n) is 9.92. The van der Waals surface area contributed by atoms with Crippen LogP contribution in [0.1, 0.15) is 42.5 Å². The fourth-order valence-electron chi connectivity index (χ4n) is 3.96. The largest absolute Gasteiger partial charge is 0.369 e. The standard InChI is InChI=1S/C22H24FN3O2S/c1-26(16-5-3-2-4-6-16)19-9-8-15(12-17(19)23)24-22(28)14-7-10-20-18(11-14)25-21(27)13-29-20/h7-12,16H,2-6,13H2,1H3,(H,24,28)(H,25,27). The Bertz CT molecular complexity index is 944. The molecule has 2 amide bonds. The molecule has 1 aliphatic heterocycles. The monoisotopic (exact) mass is 413 g/mol. The number of thioether (sulfide) groups is 1. The van der Waals surface area contributed by atoms with Gasteiger partial charge in [0.15, 0.2) is 0 Å². The molecule has 2 N–H and O–H groups in total. The Morgan fingerprint density at radius 1 is 1.17 bits per heavy atom. The topological polar surface area (TPSA) is 61.4 Å². The van der Waals surface area contributed by atoms with Crippen LogP contribution < -0.4 is 15.5 Å². The average Bonchev–Trinajstić information content (AvgIpc) is 2.73. The number of carbonyl (C=O) groups is 2. The van der Waals surface area contributed by atoms with Gasteiger partial charge in [0.05, 0.1) is 17.1 Å². The van der Waals surface area contributed by atoms with Crippen LogP contribution in [0.5, 0.6) is 0 Å². The smallest absolute Gasteiger partial charge is 0.255 e. The number of fused-ring (bicyclic) bond motifs is 1. The van der Waals surface area contributed by atoms with Gasteiger partial charge in [-0.25, -0.2) is 4.39 Å². The molecule has 0 aromatic heterocycles. The van der Waals surface area contributed by atoms with Gasteiger partial charge in [-0.1, -0.05) is 19.3 Å². The van der Waals surface area contributed by atoms with E-state index >= 15 is 0 Å². The number of anilines is 3. The molecule has 2 aromatic rings. The van der Waals surface area contributed by atoms with E-state index in [0.717, 1.165) is 17.7 Å². The van der Waals surface area contributed by atoms with Gasteiger partial charge in [0.25, 0.3) is 5.91 Å². The summed E-state index contributed by atoms with van der Waals surface area (Å²) < 4.78 is 14.7. The number of rotatable bonds is 4. The highest BCUT2D eigenvalue weighted by atomic mass is 32.2. The Labute approximate surface area is 174 Å². The van der Waals surface area contributed by atoms with Crippen molar-refractivity contribution in [1.29, 1.82) is 0 Å². The molecule has 0 saturated heterocycles. The number of carbonyl (C=O) groups excluding carboxylic acids is 2. The molecule has 1 heterocycles. The average molecular weight is 414 g/mol. The van der Waals surface area contributed by atoms with E-state index < -0.39 is 0 Å². The summed E-state index contributed by atoms with van der Waals surface area (Å²) in [7, 11) is 1.94. The molecule has 1 saturated carbocycles. The zero-order chi connectivity index (χ0) is 20.4. The van der Waals surface area contributed by atoms with E-state index in [9.17, 15) is 14.0 Å². The number of nitrogens with zero attached hydrogens (tertiary/aromatic N) is 1. The molecule has 2 aromatic carbocycles. The highest BCUT2D eigenvalue weighted by molar-refractivity contribution is 8.00. The van der Waals surface area contributed by atoms with Crippen molar-refractivity contribution < 1.29 is 14.0 Å². The third-order valence-corrected chi connectivity index (χ3v) is 6.66. The van der Waals surface area contributed by atoms with Crippen LogP contribution >= 0.6 is 11.8 Å². The van der Waals surface area contributed by atoms with E-state index in [1.807, 2.05) is 18.0 Å². The van der Waals surface area contributed by atoms with Gasteiger partial charge < -0.3 is 15.5 Å². The number of hydrogen-bond acceptors (Lipinski definition) is 4. The SMILES string of the molecule is CN(c1ccc(NC(=O)c2ccc3c(c2)NC(=O)CS3)cc1F)C1CCCCC1. The zero-order valence-corrected chi connectivity index (χ0v) is 17.2. The van der Waals surface area contributed by atoms with Crippen molar-refractivity contribution >= 4 is 40.6 Å². The van der Waals surface area contributed by atoms with E-state index in [4.69, 9.17) is 0 Å². The van der Waals surface area contributed by atoms with E-state index in [-0.39, 0.29) is 17.6 Å². The number of halogens is 1. The van der Waals surface area contributed by atoms with Gasteiger partial charge in [-0.05, 0) is 49.2 Å². The third kappa shape index (κ3) is 4.40. The van der Waals surface area contributed by atoms with E-state index in [1.165, 1.54) is 37.1 Å². The molecule has 5 nitrogen and oxygen atoms in total. The van der Waals surface area contributed by atoms with E-state index in [0.29, 0.717) is 34.4 Å². The van der Waals surface area contributed by atoms with Crippen LogP contribution in [0.15, 0.2) is 41.3 Å². The van der Waals surface area contributed by atoms with Gasteiger partial charge in [0, 0.05) is 29.2 Å². The number of benzene rings is 2. The molecular formula is C22H24FN3O2S. The quantitative estimate of drug-likeness (QED) is 0.749. The van der Waals surface area contributed by atoms with Crippen molar-refractivity contribution in [2.24, 2.45) is 0 Å². The Kier molecular flexibility index (Phi) is 5.76. The first-order valence-corrected chi connectivity index (χ1v) is 10.9. The minimum atomic E-state index is -0.343. The lowest BCUT2D eigenvalue weighted by Crippen LogP contribution is -2.33. The van der Waals surface area contributed by atoms with Crippen LogP contribution in [0.3, 0.4) is 0 Å². The molecule has 0 bridgehead atoms. The van der Waals surface area contributed by atoms with Gasteiger partial charge in [0.2, 0.25) is 5.91 Å². The van der Waals surface area contributed by atoms with Crippen LogP contribution in [0.4, 0.5) is 21.5 Å². The summed E-state index contributed by atoms with van der Waals surface area (Å²) in [6, 6.07) is 10.4. The van der Waals surface area contributed by atoms with Crippen LogP contribution in [0.2, 0.25) is 0 Å². The van der Waals surface area contributed by atoms with Crippen LogP contribution in [-0.2, 0) is 4.79 Å². The van der Waals surface area contributed by atoms with Gasteiger partial charge in [-0.15, -0.1) is 11.8 Å². The molecule has 1 fully saturated rings. The highest BCUT2D eigenvalue weighted by Crippen LogP contribution is 2.33. The first kappa shape index (κ1) is 19.8. The Morgan fingerprint density at radius 2 is 1.97 bits per heavy atom. The predicted octanol–water partition coefficient (Wildman–Crippen LogP) is 4.89. The maximum atomic E-state index is 14.7. The molecule has 2 aliphatic rings. The molecular weight excluding hydrogens is 389 g/mol. The molecule has 1 aliphatic carbocycles. The van der Waals surface area contributed by atoms with Gasteiger partial charge >= 0.3 is 0 Å². The summed E-state index contributed by atoms with van der Waals surface area (Å²) >= 11 is 1.44. The lowest BCUT2D eigenvalue weighted by Gasteiger charge is -2.33. The minimum Gasteiger partial charge on any atom is -0.369 e. The summed E-state index contributed by atoms with van der Waals surface area (Å²) in [5.41, 5.74) is 2.01. The van der Waals surface area contributed by atoms with E-state index in [1.54, 1.807) is 24.3 Å². The molecule has 0 unspecified atom stereocenters. The minimum absolute atomic E-state index is 0.0835. The summed E-state index contributed by atoms with van der Waals surface area (Å²) in [6.45, 7) is 0. The number of nitrogens with one attached hydrogen (secondary N) is 2. The van der Waals surface area contributed by atoms with Gasteiger partial charge in [0.1, 0.15) is 5.82 Å². The molecule has 0 radical (unpaired) electrons.